The summed E-state index contributed by atoms with van der Waals surface area (Å²) in [6, 6.07) is 13.9. The van der Waals surface area contributed by atoms with E-state index in [0.29, 0.717) is 5.56 Å². The molecule has 0 bridgehead atoms. The van der Waals surface area contributed by atoms with E-state index >= 15 is 0 Å². The summed E-state index contributed by atoms with van der Waals surface area (Å²) in [6.07, 6.45) is 1.71. The van der Waals surface area contributed by atoms with E-state index in [1.165, 1.54) is 5.56 Å². The molecule has 0 saturated carbocycles. The minimum atomic E-state index is -0.488. The number of aromatic nitrogens is 1. The number of carbonyl (C=O) groups excluding carboxylic acids is 1. The van der Waals surface area contributed by atoms with Crippen LogP contribution in [0.2, 0.25) is 0 Å². The van der Waals surface area contributed by atoms with E-state index in [9.17, 15) is 4.79 Å². The van der Waals surface area contributed by atoms with Gasteiger partial charge in [-0.3, -0.25) is 4.98 Å². The molecular weight excluding hydrogens is 274 g/mol. The third-order valence-electron chi connectivity index (χ3n) is 3.15. The van der Waals surface area contributed by atoms with Crippen LogP contribution in [0.3, 0.4) is 0 Å². The fourth-order valence-electron chi connectivity index (χ4n) is 2.24. The molecule has 0 N–H and O–H groups in total. The van der Waals surface area contributed by atoms with Crippen LogP contribution >= 0.6 is 0 Å². The summed E-state index contributed by atoms with van der Waals surface area (Å²) < 4.78 is 5.43. The van der Waals surface area contributed by atoms with Crippen LogP contribution in [-0.4, -0.2) is 16.6 Å². The van der Waals surface area contributed by atoms with Crippen molar-refractivity contribution in [1.82, 2.24) is 4.98 Å². The van der Waals surface area contributed by atoms with Crippen molar-refractivity contribution in [2.24, 2.45) is 0 Å². The lowest BCUT2D eigenvalue weighted by atomic mass is 10.1. The Morgan fingerprint density at radius 2 is 1.77 bits per heavy atom. The highest BCUT2D eigenvalue weighted by atomic mass is 16.6. The molecule has 22 heavy (non-hydrogen) atoms. The average Bonchev–Trinajstić information content (AvgIpc) is 2.44. The number of nitrogens with zero attached hydrogens (tertiary/aromatic N) is 1. The van der Waals surface area contributed by atoms with Crippen molar-refractivity contribution in [2.45, 2.75) is 46.1 Å². The molecule has 0 amide bonds. The number of ether oxygens (including phenoxy) is 1. The van der Waals surface area contributed by atoms with Gasteiger partial charge in [-0.1, -0.05) is 30.3 Å². The number of benzene rings is 1. The van der Waals surface area contributed by atoms with Gasteiger partial charge in [0.15, 0.2) is 0 Å². The SMILES string of the molecule is Cc1cc(C(=O)OC(C)(C)C)cc(CCc2ccccc2)n1. The topological polar surface area (TPSA) is 39.2 Å². The summed E-state index contributed by atoms with van der Waals surface area (Å²) in [5, 5.41) is 0. The van der Waals surface area contributed by atoms with Gasteiger partial charge in [0.05, 0.1) is 5.56 Å². The highest BCUT2D eigenvalue weighted by molar-refractivity contribution is 5.89. The van der Waals surface area contributed by atoms with Crippen molar-refractivity contribution in [1.29, 1.82) is 0 Å². The van der Waals surface area contributed by atoms with E-state index in [4.69, 9.17) is 4.74 Å². The first-order valence-electron chi connectivity index (χ1n) is 7.58. The van der Waals surface area contributed by atoms with E-state index in [1.54, 1.807) is 6.07 Å². The van der Waals surface area contributed by atoms with Gasteiger partial charge in [0.1, 0.15) is 5.60 Å². The van der Waals surface area contributed by atoms with Crippen LogP contribution in [0.5, 0.6) is 0 Å². The van der Waals surface area contributed by atoms with E-state index in [2.05, 4.69) is 17.1 Å². The summed E-state index contributed by atoms with van der Waals surface area (Å²) in [6.45, 7) is 7.51. The Hall–Kier alpha value is -2.16. The normalized spacial score (nSPS) is 11.3. The van der Waals surface area contributed by atoms with Crippen molar-refractivity contribution < 1.29 is 9.53 Å². The highest BCUT2D eigenvalue weighted by Gasteiger charge is 2.18. The first kappa shape index (κ1) is 16.2. The Morgan fingerprint density at radius 1 is 1.09 bits per heavy atom. The summed E-state index contributed by atoms with van der Waals surface area (Å²) in [5.74, 6) is -0.293. The molecule has 1 heterocycles. The second kappa shape index (κ2) is 6.73. The second-order valence-electron chi connectivity index (χ2n) is 6.48. The standard InChI is InChI=1S/C19H23NO2/c1-14-12-16(18(21)22-19(2,3)4)13-17(20-14)11-10-15-8-6-5-7-9-15/h5-9,12-13H,10-11H2,1-4H3. The minimum absolute atomic E-state index is 0.293. The van der Waals surface area contributed by atoms with Crippen LogP contribution in [0.15, 0.2) is 42.5 Å². The molecule has 0 fully saturated rings. The van der Waals surface area contributed by atoms with E-state index in [1.807, 2.05) is 52.0 Å². The van der Waals surface area contributed by atoms with Gasteiger partial charge >= 0.3 is 5.97 Å². The molecule has 2 rings (SSSR count). The quantitative estimate of drug-likeness (QED) is 0.796. The van der Waals surface area contributed by atoms with Crippen molar-refractivity contribution >= 4 is 5.97 Å². The van der Waals surface area contributed by atoms with Crippen molar-refractivity contribution in [3.05, 3.63) is 65.0 Å². The molecular formula is C19H23NO2. The molecule has 1 aromatic heterocycles. The lowest BCUT2D eigenvalue weighted by molar-refractivity contribution is 0.00691. The lowest BCUT2D eigenvalue weighted by Gasteiger charge is -2.19. The fraction of sp³-hybridized carbons (Fsp3) is 0.368. The Morgan fingerprint density at radius 3 is 2.41 bits per heavy atom. The van der Waals surface area contributed by atoms with Gasteiger partial charge in [0, 0.05) is 11.4 Å². The Kier molecular flexibility index (Phi) is 4.96. The van der Waals surface area contributed by atoms with Gasteiger partial charge in [-0.25, -0.2) is 4.79 Å². The van der Waals surface area contributed by atoms with Gasteiger partial charge in [-0.05, 0) is 58.2 Å². The molecule has 0 atom stereocenters. The third kappa shape index (κ3) is 4.99. The third-order valence-corrected chi connectivity index (χ3v) is 3.15. The first-order valence-corrected chi connectivity index (χ1v) is 7.58. The van der Waals surface area contributed by atoms with Gasteiger partial charge in [-0.15, -0.1) is 0 Å². The molecule has 0 spiro atoms. The number of pyridine rings is 1. The molecule has 0 aliphatic heterocycles. The molecule has 0 saturated heterocycles. The summed E-state index contributed by atoms with van der Waals surface area (Å²) in [7, 11) is 0. The lowest BCUT2D eigenvalue weighted by Crippen LogP contribution is -2.24. The summed E-state index contributed by atoms with van der Waals surface area (Å²) >= 11 is 0. The largest absolute Gasteiger partial charge is 0.456 e. The maximum Gasteiger partial charge on any atom is 0.338 e. The number of hydrogen-bond donors (Lipinski definition) is 0. The van der Waals surface area contributed by atoms with Crippen LogP contribution in [0.4, 0.5) is 0 Å². The Labute approximate surface area is 132 Å². The first-order chi connectivity index (χ1) is 10.3. The summed E-state index contributed by atoms with van der Waals surface area (Å²) in [5.41, 5.74) is 3.12. The zero-order valence-corrected chi connectivity index (χ0v) is 13.7. The maximum absolute atomic E-state index is 12.2. The molecule has 2 aromatic rings. The number of hydrogen-bond acceptors (Lipinski definition) is 3. The Balaban J connectivity index is 2.11. The van der Waals surface area contributed by atoms with E-state index in [-0.39, 0.29) is 5.97 Å². The monoisotopic (exact) mass is 297 g/mol. The number of aryl methyl sites for hydroxylation is 3. The molecule has 0 radical (unpaired) electrons. The Bertz CT molecular complexity index is 642. The maximum atomic E-state index is 12.2. The molecule has 116 valence electrons. The summed E-state index contributed by atoms with van der Waals surface area (Å²) in [4.78, 5) is 16.7. The van der Waals surface area contributed by atoms with Crippen LogP contribution in [0.25, 0.3) is 0 Å². The zero-order chi connectivity index (χ0) is 16.2. The van der Waals surface area contributed by atoms with E-state index in [0.717, 1.165) is 24.2 Å². The molecule has 3 heteroatoms. The van der Waals surface area contributed by atoms with Crippen LogP contribution in [0, 0.1) is 6.92 Å². The number of rotatable bonds is 4. The molecule has 1 aromatic carbocycles. The van der Waals surface area contributed by atoms with Crippen LogP contribution in [0.1, 0.15) is 48.1 Å². The van der Waals surface area contributed by atoms with Gasteiger partial charge in [0.2, 0.25) is 0 Å². The molecule has 3 nitrogen and oxygen atoms in total. The van der Waals surface area contributed by atoms with E-state index < -0.39 is 5.60 Å². The molecule has 0 unspecified atom stereocenters. The van der Waals surface area contributed by atoms with Gasteiger partial charge < -0.3 is 4.74 Å². The minimum Gasteiger partial charge on any atom is -0.456 e. The van der Waals surface area contributed by atoms with Crippen LogP contribution in [-0.2, 0) is 17.6 Å². The fourth-order valence-corrected chi connectivity index (χ4v) is 2.24. The van der Waals surface area contributed by atoms with Crippen molar-refractivity contribution in [3.63, 3.8) is 0 Å². The number of esters is 1. The number of carbonyl (C=O) groups is 1. The van der Waals surface area contributed by atoms with Crippen molar-refractivity contribution in [2.75, 3.05) is 0 Å². The second-order valence-corrected chi connectivity index (χ2v) is 6.48. The molecule has 0 aliphatic rings. The van der Waals surface area contributed by atoms with Gasteiger partial charge in [-0.2, -0.15) is 0 Å². The predicted octanol–water partition coefficient (Wildman–Crippen LogP) is 4.13. The van der Waals surface area contributed by atoms with Gasteiger partial charge in [0.25, 0.3) is 0 Å². The van der Waals surface area contributed by atoms with Crippen molar-refractivity contribution in [3.8, 4) is 0 Å². The predicted molar refractivity (Wildman–Crippen MR) is 88.0 cm³/mol. The zero-order valence-electron chi connectivity index (χ0n) is 13.7. The average molecular weight is 297 g/mol. The molecule has 0 aliphatic carbocycles. The smallest absolute Gasteiger partial charge is 0.338 e. The highest BCUT2D eigenvalue weighted by Crippen LogP contribution is 2.15. The van der Waals surface area contributed by atoms with Crippen LogP contribution < -0.4 is 0 Å².